The van der Waals surface area contributed by atoms with Crippen molar-refractivity contribution in [2.45, 2.75) is 37.3 Å². The highest BCUT2D eigenvalue weighted by Crippen LogP contribution is 2.44. The fourth-order valence-corrected chi connectivity index (χ4v) is 1.77. The van der Waals surface area contributed by atoms with Crippen LogP contribution in [0.5, 0.6) is 0 Å². The Hall–Kier alpha value is -0.730. The summed E-state index contributed by atoms with van der Waals surface area (Å²) in [5, 5.41) is 30.5. The molecule has 0 aromatic rings. The van der Waals surface area contributed by atoms with Gasteiger partial charge in [-0.2, -0.15) is 0 Å². The number of carbonyl (C=O) groups is 1. The molecule has 0 saturated carbocycles. The SMILES string of the molecule is CC(=O)N[C@@]12OC1O[C@H](CO)[C@@H](O)[C@@H]2O. The highest BCUT2D eigenvalue weighted by atomic mass is 16.8. The number of aliphatic hydroxyl groups excluding tert-OH is 3. The summed E-state index contributed by atoms with van der Waals surface area (Å²) in [6.07, 6.45) is -4.30. The van der Waals surface area contributed by atoms with Crippen molar-refractivity contribution in [3.8, 4) is 0 Å². The van der Waals surface area contributed by atoms with Gasteiger partial charge in [-0.3, -0.25) is 4.79 Å². The minimum Gasteiger partial charge on any atom is -0.394 e. The molecule has 2 rings (SSSR count). The largest absolute Gasteiger partial charge is 0.394 e. The van der Waals surface area contributed by atoms with Crippen LogP contribution in [0.2, 0.25) is 0 Å². The Bertz CT molecular complexity index is 284. The van der Waals surface area contributed by atoms with Crippen molar-refractivity contribution in [1.29, 1.82) is 0 Å². The molecule has 2 heterocycles. The van der Waals surface area contributed by atoms with Gasteiger partial charge in [0.2, 0.25) is 17.9 Å². The third-order valence-electron chi connectivity index (χ3n) is 2.59. The molecule has 0 aromatic carbocycles. The molecule has 2 saturated heterocycles. The van der Waals surface area contributed by atoms with Gasteiger partial charge in [-0.15, -0.1) is 0 Å². The molecule has 86 valence electrons. The number of fused-ring (bicyclic) bond motifs is 1. The van der Waals surface area contributed by atoms with Crippen molar-refractivity contribution >= 4 is 5.91 Å². The molecule has 0 aliphatic carbocycles. The minimum atomic E-state index is -1.35. The summed E-state index contributed by atoms with van der Waals surface area (Å²) in [6.45, 7) is 0.846. The molecule has 0 aromatic heterocycles. The first kappa shape index (κ1) is 10.8. The van der Waals surface area contributed by atoms with E-state index in [1.807, 2.05) is 0 Å². The number of rotatable bonds is 2. The van der Waals surface area contributed by atoms with Crippen molar-refractivity contribution in [2.75, 3.05) is 6.61 Å². The van der Waals surface area contributed by atoms with E-state index in [2.05, 4.69) is 5.32 Å². The molecule has 0 radical (unpaired) electrons. The molecule has 2 fully saturated rings. The van der Waals surface area contributed by atoms with Crippen LogP contribution in [0, 0.1) is 0 Å². The van der Waals surface area contributed by atoms with Crippen molar-refractivity contribution < 1.29 is 29.6 Å². The number of ether oxygens (including phenoxy) is 2. The Morgan fingerprint density at radius 3 is 2.73 bits per heavy atom. The number of amides is 1. The Morgan fingerprint density at radius 1 is 1.53 bits per heavy atom. The molecule has 0 bridgehead atoms. The predicted molar refractivity (Wildman–Crippen MR) is 45.4 cm³/mol. The zero-order valence-electron chi connectivity index (χ0n) is 8.08. The summed E-state index contributed by atoms with van der Waals surface area (Å²) in [5.74, 6) is -0.394. The zero-order chi connectivity index (χ0) is 11.2. The van der Waals surface area contributed by atoms with Crippen molar-refractivity contribution in [3.05, 3.63) is 0 Å². The van der Waals surface area contributed by atoms with Crippen LogP contribution < -0.4 is 5.32 Å². The van der Waals surface area contributed by atoms with E-state index >= 15 is 0 Å². The quantitative estimate of drug-likeness (QED) is 0.376. The standard InChI is InChI=1S/C8H13NO6/c1-3(11)9-8-6(13)5(12)4(2-10)14-7(8)15-8/h4-7,10,12-13H,2H2,1H3,(H,9,11)/t4-,5-,6+,7?,8+/m1/s1. The lowest BCUT2D eigenvalue weighted by Gasteiger charge is -2.33. The highest BCUT2D eigenvalue weighted by molar-refractivity contribution is 5.74. The lowest BCUT2D eigenvalue weighted by atomic mass is 9.98. The second-order valence-corrected chi connectivity index (χ2v) is 3.72. The Morgan fingerprint density at radius 2 is 2.20 bits per heavy atom. The first-order valence-electron chi connectivity index (χ1n) is 4.60. The number of epoxide rings is 1. The second-order valence-electron chi connectivity index (χ2n) is 3.72. The molecule has 7 nitrogen and oxygen atoms in total. The van der Waals surface area contributed by atoms with Crippen LogP contribution in [0.4, 0.5) is 0 Å². The van der Waals surface area contributed by atoms with Gasteiger partial charge in [-0.1, -0.05) is 0 Å². The first-order valence-corrected chi connectivity index (χ1v) is 4.60. The number of hydrogen-bond acceptors (Lipinski definition) is 6. The minimum absolute atomic E-state index is 0.394. The molecule has 2 aliphatic heterocycles. The van der Waals surface area contributed by atoms with E-state index in [0.717, 1.165) is 0 Å². The summed E-state index contributed by atoms with van der Waals surface area (Å²) in [6, 6.07) is 0. The van der Waals surface area contributed by atoms with Crippen LogP contribution >= 0.6 is 0 Å². The molecular formula is C8H13NO6. The van der Waals surface area contributed by atoms with E-state index < -0.39 is 42.8 Å². The Kier molecular flexibility index (Phi) is 2.44. The summed E-state index contributed by atoms with van der Waals surface area (Å²) < 4.78 is 10.1. The molecule has 1 unspecified atom stereocenters. The van der Waals surface area contributed by atoms with Crippen LogP contribution in [0.1, 0.15) is 6.92 Å². The Balaban J connectivity index is 2.11. The molecule has 2 aliphatic rings. The molecule has 15 heavy (non-hydrogen) atoms. The fourth-order valence-electron chi connectivity index (χ4n) is 1.77. The number of carbonyl (C=O) groups excluding carboxylic acids is 1. The summed E-state index contributed by atoms with van der Waals surface area (Å²) in [7, 11) is 0. The maximum atomic E-state index is 10.9. The average molecular weight is 219 g/mol. The van der Waals surface area contributed by atoms with Crippen molar-refractivity contribution in [1.82, 2.24) is 5.32 Å². The van der Waals surface area contributed by atoms with Gasteiger partial charge in [0.1, 0.15) is 18.3 Å². The van der Waals surface area contributed by atoms with Crippen molar-refractivity contribution in [2.24, 2.45) is 0 Å². The predicted octanol–water partition coefficient (Wildman–Crippen LogP) is -2.71. The summed E-state index contributed by atoms with van der Waals surface area (Å²) in [5.41, 5.74) is -1.35. The van der Waals surface area contributed by atoms with Crippen LogP contribution in [-0.2, 0) is 14.3 Å². The van der Waals surface area contributed by atoms with E-state index in [1.54, 1.807) is 0 Å². The van der Waals surface area contributed by atoms with Gasteiger partial charge < -0.3 is 30.1 Å². The lowest BCUT2D eigenvalue weighted by molar-refractivity contribution is -0.165. The van der Waals surface area contributed by atoms with E-state index in [1.165, 1.54) is 6.92 Å². The lowest BCUT2D eigenvalue weighted by Crippen LogP contribution is -2.60. The van der Waals surface area contributed by atoms with Gasteiger partial charge in [0.15, 0.2) is 0 Å². The Labute approximate surface area is 85.6 Å². The zero-order valence-corrected chi connectivity index (χ0v) is 8.08. The van der Waals surface area contributed by atoms with Crippen molar-refractivity contribution in [3.63, 3.8) is 0 Å². The molecular weight excluding hydrogens is 206 g/mol. The van der Waals surface area contributed by atoms with Crippen LogP contribution in [0.15, 0.2) is 0 Å². The first-order chi connectivity index (χ1) is 7.01. The van der Waals surface area contributed by atoms with E-state index in [-0.39, 0.29) is 0 Å². The molecule has 5 atom stereocenters. The summed E-state index contributed by atoms with van der Waals surface area (Å²) >= 11 is 0. The second kappa shape index (κ2) is 3.39. The normalized spacial score (nSPS) is 48.3. The van der Waals surface area contributed by atoms with Gasteiger partial charge in [-0.25, -0.2) is 0 Å². The molecule has 0 spiro atoms. The van der Waals surface area contributed by atoms with Gasteiger partial charge in [0.25, 0.3) is 0 Å². The van der Waals surface area contributed by atoms with Crippen LogP contribution in [-0.4, -0.2) is 58.2 Å². The monoisotopic (exact) mass is 219 g/mol. The number of aliphatic hydroxyl groups is 3. The van der Waals surface area contributed by atoms with Gasteiger partial charge >= 0.3 is 0 Å². The molecule has 1 amide bonds. The van der Waals surface area contributed by atoms with Gasteiger partial charge in [0.05, 0.1) is 6.61 Å². The van der Waals surface area contributed by atoms with E-state index in [0.29, 0.717) is 0 Å². The van der Waals surface area contributed by atoms with Gasteiger partial charge in [-0.05, 0) is 0 Å². The van der Waals surface area contributed by atoms with Crippen LogP contribution in [0.25, 0.3) is 0 Å². The topological polar surface area (TPSA) is 112 Å². The number of nitrogens with one attached hydrogen (secondary N) is 1. The number of hydrogen-bond donors (Lipinski definition) is 4. The highest BCUT2D eigenvalue weighted by Gasteiger charge is 2.70. The third-order valence-corrected chi connectivity index (χ3v) is 2.59. The third kappa shape index (κ3) is 1.52. The maximum absolute atomic E-state index is 10.9. The molecule has 7 heteroatoms. The average Bonchev–Trinajstić information content (AvgIpc) is 2.85. The molecule has 4 N–H and O–H groups in total. The maximum Gasteiger partial charge on any atom is 0.224 e. The summed E-state index contributed by atoms with van der Waals surface area (Å²) in [4.78, 5) is 10.9. The fraction of sp³-hybridized carbons (Fsp3) is 0.875. The van der Waals surface area contributed by atoms with E-state index in [9.17, 15) is 15.0 Å². The van der Waals surface area contributed by atoms with Gasteiger partial charge in [0, 0.05) is 6.92 Å². The van der Waals surface area contributed by atoms with Crippen LogP contribution in [0.3, 0.4) is 0 Å². The smallest absolute Gasteiger partial charge is 0.224 e. The van der Waals surface area contributed by atoms with E-state index in [4.69, 9.17) is 14.6 Å².